The number of aryl methyl sites for hydroxylation is 1. The van der Waals surface area contributed by atoms with Gasteiger partial charge in [0.1, 0.15) is 11.9 Å². The van der Waals surface area contributed by atoms with Gasteiger partial charge in [0.05, 0.1) is 11.6 Å². The molecule has 2 aromatic rings. The van der Waals surface area contributed by atoms with Crippen LogP contribution >= 0.6 is 15.9 Å². The molecule has 0 amide bonds. The first-order valence-corrected chi connectivity index (χ1v) is 7.13. The van der Waals surface area contributed by atoms with Crippen molar-refractivity contribution in [2.24, 2.45) is 0 Å². The van der Waals surface area contributed by atoms with Gasteiger partial charge in [0, 0.05) is 11.1 Å². The summed E-state index contributed by atoms with van der Waals surface area (Å²) in [6.07, 6.45) is -1.12. The Morgan fingerprint density at radius 1 is 1.10 bits per heavy atom. The van der Waals surface area contributed by atoms with E-state index in [0.717, 1.165) is 17.2 Å². The van der Waals surface area contributed by atoms with Crippen LogP contribution in [0.4, 0.5) is 8.78 Å². The number of hydrogen-bond acceptors (Lipinski definition) is 2. The summed E-state index contributed by atoms with van der Waals surface area (Å²) in [6, 6.07) is 5.91. The molecule has 0 aliphatic rings. The summed E-state index contributed by atoms with van der Waals surface area (Å²) in [5.74, 6) is -1.45. The third-order valence-electron chi connectivity index (χ3n) is 3.57. The summed E-state index contributed by atoms with van der Waals surface area (Å²) in [5.41, 5.74) is 2.67. The molecule has 0 spiro atoms. The van der Waals surface area contributed by atoms with Crippen molar-refractivity contribution in [3.8, 4) is 5.75 Å². The van der Waals surface area contributed by atoms with Gasteiger partial charge in [-0.25, -0.2) is 8.78 Å². The molecule has 112 valence electrons. The van der Waals surface area contributed by atoms with Gasteiger partial charge in [-0.15, -0.1) is 0 Å². The molecule has 1 N–H and O–H groups in total. The van der Waals surface area contributed by atoms with Crippen LogP contribution in [0.3, 0.4) is 0 Å². The minimum atomic E-state index is -1.12. The monoisotopic (exact) mass is 356 g/mol. The second-order valence-electron chi connectivity index (χ2n) is 4.80. The van der Waals surface area contributed by atoms with Crippen LogP contribution in [0.5, 0.6) is 5.75 Å². The van der Waals surface area contributed by atoms with E-state index in [9.17, 15) is 13.9 Å². The zero-order valence-electron chi connectivity index (χ0n) is 11.9. The maximum absolute atomic E-state index is 13.6. The first kappa shape index (κ1) is 15.9. The van der Waals surface area contributed by atoms with E-state index in [1.807, 2.05) is 19.9 Å². The Morgan fingerprint density at radius 3 is 2.33 bits per heavy atom. The number of aliphatic hydroxyl groups excluding tert-OH is 1. The molecule has 21 heavy (non-hydrogen) atoms. The van der Waals surface area contributed by atoms with Gasteiger partial charge >= 0.3 is 0 Å². The number of aliphatic hydroxyl groups is 1. The molecular weight excluding hydrogens is 342 g/mol. The smallest absolute Gasteiger partial charge is 0.173 e. The third kappa shape index (κ3) is 2.80. The molecule has 0 fully saturated rings. The first-order valence-electron chi connectivity index (χ1n) is 6.34. The minimum absolute atomic E-state index is 0.0877. The van der Waals surface area contributed by atoms with Crippen molar-refractivity contribution in [2.45, 2.75) is 20.0 Å². The fourth-order valence-corrected chi connectivity index (χ4v) is 2.76. The number of methoxy groups -OCH3 is 1. The van der Waals surface area contributed by atoms with Crippen LogP contribution in [0.15, 0.2) is 28.7 Å². The lowest BCUT2D eigenvalue weighted by atomic mass is 9.96. The van der Waals surface area contributed by atoms with E-state index in [4.69, 9.17) is 4.74 Å². The lowest BCUT2D eigenvalue weighted by Gasteiger charge is -2.19. The van der Waals surface area contributed by atoms with E-state index in [0.29, 0.717) is 11.3 Å². The number of rotatable bonds is 3. The van der Waals surface area contributed by atoms with Crippen molar-refractivity contribution >= 4 is 15.9 Å². The van der Waals surface area contributed by atoms with Crippen LogP contribution in [-0.2, 0) is 0 Å². The van der Waals surface area contributed by atoms with Crippen LogP contribution in [0, 0.1) is 25.5 Å². The van der Waals surface area contributed by atoms with Crippen molar-refractivity contribution < 1.29 is 18.6 Å². The molecule has 0 aliphatic heterocycles. The fourth-order valence-electron chi connectivity index (χ4n) is 2.22. The SMILES string of the molecule is COc1c(C(O)c2ccc(F)c(F)c2Br)ccc(C)c1C. The van der Waals surface area contributed by atoms with Crippen molar-refractivity contribution in [2.75, 3.05) is 7.11 Å². The third-order valence-corrected chi connectivity index (χ3v) is 4.37. The zero-order valence-corrected chi connectivity index (χ0v) is 13.5. The van der Waals surface area contributed by atoms with E-state index in [2.05, 4.69) is 15.9 Å². The van der Waals surface area contributed by atoms with E-state index >= 15 is 0 Å². The maximum Gasteiger partial charge on any atom is 0.173 e. The van der Waals surface area contributed by atoms with Gasteiger partial charge in [0.15, 0.2) is 11.6 Å². The highest BCUT2D eigenvalue weighted by molar-refractivity contribution is 9.10. The van der Waals surface area contributed by atoms with Crippen LogP contribution < -0.4 is 4.74 Å². The molecular formula is C16H15BrF2O2. The summed E-state index contributed by atoms with van der Waals surface area (Å²) in [5, 5.41) is 10.5. The van der Waals surface area contributed by atoms with Gasteiger partial charge in [0.25, 0.3) is 0 Å². The van der Waals surface area contributed by atoms with Crippen LogP contribution in [0.2, 0.25) is 0 Å². The lowest BCUT2D eigenvalue weighted by molar-refractivity contribution is 0.213. The van der Waals surface area contributed by atoms with E-state index in [1.54, 1.807) is 6.07 Å². The van der Waals surface area contributed by atoms with Crippen molar-refractivity contribution in [3.05, 3.63) is 62.6 Å². The maximum atomic E-state index is 13.6. The summed E-state index contributed by atoms with van der Waals surface area (Å²) in [7, 11) is 1.51. The quantitative estimate of drug-likeness (QED) is 0.824. The largest absolute Gasteiger partial charge is 0.496 e. The van der Waals surface area contributed by atoms with Gasteiger partial charge in [-0.2, -0.15) is 0 Å². The molecule has 0 aromatic heterocycles. The molecule has 0 bridgehead atoms. The molecule has 0 heterocycles. The second kappa shape index (κ2) is 6.12. The molecule has 2 nitrogen and oxygen atoms in total. The van der Waals surface area contributed by atoms with E-state index < -0.39 is 17.7 Å². The molecule has 2 aromatic carbocycles. The molecule has 0 radical (unpaired) electrons. The van der Waals surface area contributed by atoms with Gasteiger partial charge < -0.3 is 9.84 Å². The van der Waals surface area contributed by atoms with Gasteiger partial charge in [-0.3, -0.25) is 0 Å². The molecule has 5 heteroatoms. The molecule has 1 atom stereocenters. The molecule has 0 saturated carbocycles. The summed E-state index contributed by atoms with van der Waals surface area (Å²) in [6.45, 7) is 3.81. The molecule has 0 saturated heterocycles. The van der Waals surface area contributed by atoms with Gasteiger partial charge in [-0.05, 0) is 47.0 Å². The minimum Gasteiger partial charge on any atom is -0.496 e. The second-order valence-corrected chi connectivity index (χ2v) is 5.59. The Kier molecular flexibility index (Phi) is 4.64. The fraction of sp³-hybridized carbons (Fsp3) is 0.250. The predicted octanol–water partition coefficient (Wildman–Crippen LogP) is 4.43. The van der Waals surface area contributed by atoms with Crippen LogP contribution in [0.1, 0.15) is 28.4 Å². The molecule has 0 aliphatic carbocycles. The average Bonchev–Trinajstić information content (AvgIpc) is 2.47. The summed E-state index contributed by atoms with van der Waals surface area (Å²) in [4.78, 5) is 0. The van der Waals surface area contributed by atoms with Crippen LogP contribution in [0.25, 0.3) is 0 Å². The van der Waals surface area contributed by atoms with E-state index in [-0.39, 0.29) is 10.0 Å². The number of benzene rings is 2. The number of halogens is 3. The van der Waals surface area contributed by atoms with Gasteiger partial charge in [0.2, 0.25) is 0 Å². The van der Waals surface area contributed by atoms with E-state index in [1.165, 1.54) is 13.2 Å². The highest BCUT2D eigenvalue weighted by atomic mass is 79.9. The zero-order chi connectivity index (χ0) is 15.7. The standard InChI is InChI=1S/C16H15BrF2O2/c1-8-4-5-11(16(21-3)9(8)2)15(20)10-6-7-12(18)14(19)13(10)17/h4-7,15,20H,1-3H3. The highest BCUT2D eigenvalue weighted by Gasteiger charge is 2.22. The van der Waals surface area contributed by atoms with Crippen molar-refractivity contribution in [1.82, 2.24) is 0 Å². The highest BCUT2D eigenvalue weighted by Crippen LogP contribution is 2.37. The Balaban J connectivity index is 2.58. The summed E-state index contributed by atoms with van der Waals surface area (Å²) < 4.78 is 32.1. The summed E-state index contributed by atoms with van der Waals surface area (Å²) >= 11 is 2.99. The lowest BCUT2D eigenvalue weighted by Crippen LogP contribution is -2.06. The number of ether oxygens (including phenoxy) is 1. The van der Waals surface area contributed by atoms with Crippen molar-refractivity contribution in [3.63, 3.8) is 0 Å². The van der Waals surface area contributed by atoms with Gasteiger partial charge in [-0.1, -0.05) is 18.2 Å². The average molecular weight is 357 g/mol. The Bertz CT molecular complexity index is 686. The normalized spacial score (nSPS) is 12.3. The number of hydrogen-bond donors (Lipinski definition) is 1. The Labute approximate surface area is 130 Å². The molecule has 2 rings (SSSR count). The molecule has 1 unspecified atom stereocenters. The Hall–Kier alpha value is -1.46. The predicted molar refractivity (Wildman–Crippen MR) is 80.6 cm³/mol. The van der Waals surface area contributed by atoms with Crippen molar-refractivity contribution in [1.29, 1.82) is 0 Å². The first-order chi connectivity index (χ1) is 9.88. The topological polar surface area (TPSA) is 29.5 Å². The van der Waals surface area contributed by atoms with Crippen LogP contribution in [-0.4, -0.2) is 12.2 Å². The Morgan fingerprint density at radius 2 is 1.71 bits per heavy atom.